The van der Waals surface area contributed by atoms with Crippen LogP contribution < -0.4 is 20.5 Å². The van der Waals surface area contributed by atoms with E-state index in [1.165, 1.54) is 0 Å². The zero-order chi connectivity index (χ0) is 14.8. The van der Waals surface area contributed by atoms with Gasteiger partial charge in [0.25, 0.3) is 0 Å². The van der Waals surface area contributed by atoms with Crippen molar-refractivity contribution in [1.82, 2.24) is 0 Å². The molecule has 0 saturated heterocycles. The normalized spacial score (nSPS) is 12.6. The van der Waals surface area contributed by atoms with Gasteiger partial charge in [-0.25, -0.2) is 0 Å². The van der Waals surface area contributed by atoms with Gasteiger partial charge >= 0.3 is 0 Å². The molecule has 0 spiro atoms. The van der Waals surface area contributed by atoms with Gasteiger partial charge in [-0.2, -0.15) is 5.26 Å². The Kier molecular flexibility index (Phi) is 3.46. The molecule has 1 aliphatic rings. The van der Waals surface area contributed by atoms with E-state index < -0.39 is 0 Å². The minimum absolute atomic E-state index is 0.501. The fraction of sp³-hybridized carbons (Fsp3) is 0.133. The van der Waals surface area contributed by atoms with Gasteiger partial charge < -0.3 is 20.5 Å². The molecule has 0 aliphatic carbocycles. The summed E-state index contributed by atoms with van der Waals surface area (Å²) in [6.07, 6.45) is 0. The Morgan fingerprint density at radius 1 is 1.10 bits per heavy atom. The average Bonchev–Trinajstić information content (AvgIpc) is 2.50. The van der Waals surface area contributed by atoms with Crippen LogP contribution in [0.3, 0.4) is 0 Å². The van der Waals surface area contributed by atoms with Crippen LogP contribution in [-0.2, 0) is 0 Å². The third-order valence-electron chi connectivity index (χ3n) is 3.08. The number of nitrogens with one attached hydrogen (secondary N) is 1. The number of fused-ring (bicyclic) bond motifs is 1. The molecular formula is C15H12ClN3O2. The molecule has 2 aromatic carbocycles. The number of nitrogens with zero attached hydrogens (tertiary/aromatic N) is 1. The van der Waals surface area contributed by atoms with Gasteiger partial charge in [-0.05, 0) is 18.2 Å². The summed E-state index contributed by atoms with van der Waals surface area (Å²) in [6, 6.07) is 10.5. The number of nitriles is 1. The van der Waals surface area contributed by atoms with E-state index in [1.54, 1.807) is 30.3 Å². The maximum Gasteiger partial charge on any atom is 0.163 e. The van der Waals surface area contributed by atoms with Crippen molar-refractivity contribution in [2.75, 3.05) is 24.3 Å². The minimum Gasteiger partial charge on any atom is -0.486 e. The molecule has 0 atom stereocenters. The molecule has 6 heteroatoms. The van der Waals surface area contributed by atoms with Crippen LogP contribution in [0.4, 0.5) is 17.1 Å². The van der Waals surface area contributed by atoms with Crippen LogP contribution >= 0.6 is 11.6 Å². The van der Waals surface area contributed by atoms with Crippen LogP contribution in [0.5, 0.6) is 11.5 Å². The summed E-state index contributed by atoms with van der Waals surface area (Å²) in [5.41, 5.74) is 8.29. The van der Waals surface area contributed by atoms with Crippen LogP contribution in [0.25, 0.3) is 0 Å². The third-order valence-corrected chi connectivity index (χ3v) is 3.41. The molecule has 2 aromatic rings. The second-order valence-corrected chi connectivity index (χ2v) is 4.92. The summed E-state index contributed by atoms with van der Waals surface area (Å²) in [7, 11) is 0. The van der Waals surface area contributed by atoms with Crippen LogP contribution in [0, 0.1) is 11.3 Å². The Bertz CT molecular complexity index is 740. The molecule has 0 fully saturated rings. The molecule has 0 amide bonds. The van der Waals surface area contributed by atoms with Gasteiger partial charge in [-0.15, -0.1) is 0 Å². The predicted molar refractivity (Wildman–Crippen MR) is 81.3 cm³/mol. The van der Waals surface area contributed by atoms with E-state index in [0.29, 0.717) is 52.4 Å². The number of ether oxygens (including phenoxy) is 2. The fourth-order valence-electron chi connectivity index (χ4n) is 2.05. The first kappa shape index (κ1) is 13.4. The summed E-state index contributed by atoms with van der Waals surface area (Å²) < 4.78 is 11.0. The van der Waals surface area contributed by atoms with Crippen molar-refractivity contribution in [3.05, 3.63) is 40.9 Å². The second-order valence-electron chi connectivity index (χ2n) is 4.51. The van der Waals surface area contributed by atoms with Crippen molar-refractivity contribution in [2.24, 2.45) is 0 Å². The zero-order valence-electron chi connectivity index (χ0n) is 11.0. The lowest BCUT2D eigenvalue weighted by atomic mass is 10.2. The lowest BCUT2D eigenvalue weighted by Gasteiger charge is -2.20. The SMILES string of the molecule is N#Cc1ccc(Cl)c(Nc2cc3c(cc2N)OCCO3)c1. The number of benzene rings is 2. The van der Waals surface area contributed by atoms with Crippen molar-refractivity contribution in [3.8, 4) is 17.6 Å². The average molecular weight is 302 g/mol. The monoisotopic (exact) mass is 301 g/mol. The van der Waals surface area contributed by atoms with Gasteiger partial charge in [0.05, 0.1) is 33.7 Å². The summed E-state index contributed by atoms with van der Waals surface area (Å²) >= 11 is 6.13. The van der Waals surface area contributed by atoms with Gasteiger partial charge in [-0.3, -0.25) is 0 Å². The topological polar surface area (TPSA) is 80.3 Å². The Balaban J connectivity index is 1.97. The highest BCUT2D eigenvalue weighted by molar-refractivity contribution is 6.33. The van der Waals surface area contributed by atoms with E-state index in [1.807, 2.05) is 0 Å². The van der Waals surface area contributed by atoms with Gasteiger partial charge in [0.2, 0.25) is 0 Å². The number of hydrogen-bond acceptors (Lipinski definition) is 5. The smallest absolute Gasteiger partial charge is 0.163 e. The van der Waals surface area contributed by atoms with Crippen molar-refractivity contribution < 1.29 is 9.47 Å². The number of hydrogen-bond donors (Lipinski definition) is 2. The fourth-order valence-corrected chi connectivity index (χ4v) is 2.21. The van der Waals surface area contributed by atoms with Crippen LogP contribution in [-0.4, -0.2) is 13.2 Å². The standard InChI is InChI=1S/C15H12ClN3O2/c16-10-2-1-9(8-17)5-12(10)19-13-7-15-14(6-11(13)18)20-3-4-21-15/h1-2,5-7,19H,3-4,18H2. The molecule has 3 N–H and O–H groups in total. The lowest BCUT2D eigenvalue weighted by Crippen LogP contribution is -2.15. The molecule has 0 aromatic heterocycles. The van der Waals surface area contributed by atoms with Crippen LogP contribution in [0.2, 0.25) is 5.02 Å². The first-order valence-corrected chi connectivity index (χ1v) is 6.71. The Morgan fingerprint density at radius 2 is 1.81 bits per heavy atom. The quantitative estimate of drug-likeness (QED) is 0.832. The molecule has 0 saturated carbocycles. The zero-order valence-corrected chi connectivity index (χ0v) is 11.8. The lowest BCUT2D eigenvalue weighted by molar-refractivity contribution is 0.172. The first-order chi connectivity index (χ1) is 10.2. The van der Waals surface area contributed by atoms with E-state index in [9.17, 15) is 0 Å². The van der Waals surface area contributed by atoms with E-state index in [2.05, 4.69) is 11.4 Å². The third kappa shape index (κ3) is 2.67. The van der Waals surface area contributed by atoms with Crippen molar-refractivity contribution >= 4 is 28.7 Å². The van der Waals surface area contributed by atoms with Crippen LogP contribution in [0.1, 0.15) is 5.56 Å². The molecule has 21 heavy (non-hydrogen) atoms. The highest BCUT2D eigenvalue weighted by Crippen LogP contribution is 2.39. The van der Waals surface area contributed by atoms with E-state index in [4.69, 9.17) is 32.1 Å². The molecule has 0 radical (unpaired) electrons. The van der Waals surface area contributed by atoms with Gasteiger partial charge in [0, 0.05) is 12.1 Å². The van der Waals surface area contributed by atoms with Gasteiger partial charge in [0.15, 0.2) is 11.5 Å². The molecule has 0 unspecified atom stereocenters. The predicted octanol–water partition coefficient (Wildman–Crippen LogP) is 3.31. The Hall–Kier alpha value is -2.58. The van der Waals surface area contributed by atoms with E-state index in [0.717, 1.165) is 0 Å². The summed E-state index contributed by atoms with van der Waals surface area (Å²) in [6.45, 7) is 1.01. The van der Waals surface area contributed by atoms with Gasteiger partial charge in [0.1, 0.15) is 13.2 Å². The molecular weight excluding hydrogens is 290 g/mol. The highest BCUT2D eigenvalue weighted by atomic mass is 35.5. The first-order valence-electron chi connectivity index (χ1n) is 6.33. The Labute approximate surface area is 126 Å². The van der Waals surface area contributed by atoms with E-state index >= 15 is 0 Å². The number of nitrogen functional groups attached to an aromatic ring is 1. The minimum atomic E-state index is 0.501. The number of halogens is 1. The summed E-state index contributed by atoms with van der Waals surface area (Å²) in [5, 5.41) is 12.6. The van der Waals surface area contributed by atoms with Crippen molar-refractivity contribution in [3.63, 3.8) is 0 Å². The summed E-state index contributed by atoms with van der Waals surface area (Å²) in [5.74, 6) is 1.26. The number of rotatable bonds is 2. The Morgan fingerprint density at radius 3 is 2.52 bits per heavy atom. The molecule has 1 heterocycles. The van der Waals surface area contributed by atoms with Gasteiger partial charge in [-0.1, -0.05) is 11.6 Å². The molecule has 0 bridgehead atoms. The van der Waals surface area contributed by atoms with Crippen molar-refractivity contribution in [1.29, 1.82) is 5.26 Å². The molecule has 3 rings (SSSR count). The molecule has 5 nitrogen and oxygen atoms in total. The second kappa shape index (κ2) is 5.43. The number of anilines is 3. The number of nitrogens with two attached hydrogens (primary N) is 1. The summed E-state index contributed by atoms with van der Waals surface area (Å²) in [4.78, 5) is 0. The highest BCUT2D eigenvalue weighted by Gasteiger charge is 2.15. The van der Waals surface area contributed by atoms with Crippen molar-refractivity contribution in [2.45, 2.75) is 0 Å². The largest absolute Gasteiger partial charge is 0.486 e. The van der Waals surface area contributed by atoms with E-state index in [-0.39, 0.29) is 0 Å². The van der Waals surface area contributed by atoms with Crippen LogP contribution in [0.15, 0.2) is 30.3 Å². The maximum absolute atomic E-state index is 8.95. The maximum atomic E-state index is 8.95. The molecule has 1 aliphatic heterocycles. The molecule has 106 valence electrons.